The summed E-state index contributed by atoms with van der Waals surface area (Å²) >= 11 is 0. The van der Waals surface area contributed by atoms with Crippen molar-refractivity contribution in [2.75, 3.05) is 25.1 Å². The van der Waals surface area contributed by atoms with Gasteiger partial charge in [0, 0.05) is 24.0 Å². The molecule has 1 aliphatic carbocycles. The fourth-order valence-electron chi connectivity index (χ4n) is 3.17. The molecule has 4 nitrogen and oxygen atoms in total. The highest BCUT2D eigenvalue weighted by atomic mass is 16.5. The molecule has 128 valence electrons. The van der Waals surface area contributed by atoms with E-state index in [4.69, 9.17) is 14.7 Å². The molecule has 4 rings (SSSR count). The van der Waals surface area contributed by atoms with E-state index in [0.717, 1.165) is 52.9 Å². The van der Waals surface area contributed by atoms with Crippen LogP contribution in [-0.4, -0.2) is 30.2 Å². The van der Waals surface area contributed by atoms with Crippen LogP contribution in [0.15, 0.2) is 48.5 Å². The molecule has 1 aromatic heterocycles. The molecular formula is C21H23N3O. The summed E-state index contributed by atoms with van der Waals surface area (Å²) in [6, 6.07) is 16.2. The maximum Gasteiger partial charge on any atom is 0.162 e. The monoisotopic (exact) mass is 333 g/mol. The maximum atomic E-state index is 5.36. The van der Waals surface area contributed by atoms with E-state index in [2.05, 4.69) is 30.0 Å². The number of nitrogens with zero attached hydrogens (tertiary/aromatic N) is 3. The number of hydrogen-bond acceptors (Lipinski definition) is 4. The molecule has 0 radical (unpaired) electrons. The largest absolute Gasteiger partial charge is 0.497 e. The summed E-state index contributed by atoms with van der Waals surface area (Å²) < 4.78 is 5.36. The second kappa shape index (κ2) is 6.71. The van der Waals surface area contributed by atoms with Gasteiger partial charge in [0.15, 0.2) is 5.82 Å². The first-order valence-electron chi connectivity index (χ1n) is 8.94. The molecule has 1 fully saturated rings. The van der Waals surface area contributed by atoms with Crippen molar-refractivity contribution in [3.05, 3.63) is 48.5 Å². The van der Waals surface area contributed by atoms with Crippen LogP contribution in [0.3, 0.4) is 0 Å². The number of anilines is 1. The van der Waals surface area contributed by atoms with Crippen LogP contribution in [0.2, 0.25) is 0 Å². The predicted octanol–water partition coefficient (Wildman–Crippen LogP) is 4.54. The van der Waals surface area contributed by atoms with Crippen LogP contribution in [0.5, 0.6) is 5.75 Å². The first-order valence-corrected chi connectivity index (χ1v) is 8.94. The van der Waals surface area contributed by atoms with Crippen molar-refractivity contribution < 1.29 is 4.74 Å². The number of ether oxygens (including phenoxy) is 1. The molecule has 1 saturated carbocycles. The molecule has 0 saturated heterocycles. The molecule has 0 spiro atoms. The molecule has 2 aromatic carbocycles. The molecule has 25 heavy (non-hydrogen) atoms. The van der Waals surface area contributed by atoms with Crippen molar-refractivity contribution in [2.24, 2.45) is 5.92 Å². The first kappa shape index (κ1) is 15.9. The minimum absolute atomic E-state index is 0.752. The van der Waals surface area contributed by atoms with Gasteiger partial charge in [0.25, 0.3) is 0 Å². The van der Waals surface area contributed by atoms with Gasteiger partial charge in [-0.2, -0.15) is 0 Å². The van der Waals surface area contributed by atoms with E-state index in [1.807, 2.05) is 30.3 Å². The van der Waals surface area contributed by atoms with Gasteiger partial charge in [-0.05, 0) is 49.9 Å². The SMILES string of the molecule is CCN(CC1CC1)c1nc(-c2cccc(OC)c2)nc2ccccc12. The fraction of sp³-hybridized carbons (Fsp3) is 0.333. The first-order chi connectivity index (χ1) is 12.3. The molecule has 1 heterocycles. The van der Waals surface area contributed by atoms with Crippen molar-refractivity contribution in [2.45, 2.75) is 19.8 Å². The van der Waals surface area contributed by atoms with Crippen LogP contribution in [0, 0.1) is 5.92 Å². The van der Waals surface area contributed by atoms with Gasteiger partial charge in [-0.15, -0.1) is 0 Å². The van der Waals surface area contributed by atoms with Crippen molar-refractivity contribution in [3.8, 4) is 17.1 Å². The Labute approximate surface area is 148 Å². The fourth-order valence-corrected chi connectivity index (χ4v) is 3.17. The highest BCUT2D eigenvalue weighted by Gasteiger charge is 2.25. The predicted molar refractivity (Wildman–Crippen MR) is 102 cm³/mol. The third-order valence-electron chi connectivity index (χ3n) is 4.77. The second-order valence-electron chi connectivity index (χ2n) is 6.60. The van der Waals surface area contributed by atoms with Crippen molar-refractivity contribution in [3.63, 3.8) is 0 Å². The summed E-state index contributed by atoms with van der Waals surface area (Å²) in [5, 5.41) is 1.12. The Morgan fingerprint density at radius 3 is 2.68 bits per heavy atom. The van der Waals surface area contributed by atoms with Crippen LogP contribution in [0.1, 0.15) is 19.8 Å². The van der Waals surface area contributed by atoms with Gasteiger partial charge in [-0.25, -0.2) is 9.97 Å². The lowest BCUT2D eigenvalue weighted by molar-refractivity contribution is 0.415. The Morgan fingerprint density at radius 1 is 1.08 bits per heavy atom. The summed E-state index contributed by atoms with van der Waals surface area (Å²) in [6.07, 6.45) is 2.67. The van der Waals surface area contributed by atoms with Crippen molar-refractivity contribution >= 4 is 16.7 Å². The average Bonchev–Trinajstić information content (AvgIpc) is 3.49. The average molecular weight is 333 g/mol. The Hall–Kier alpha value is -2.62. The van der Waals surface area contributed by atoms with Gasteiger partial charge in [0.2, 0.25) is 0 Å². The molecule has 0 unspecified atom stereocenters. The number of aromatic nitrogens is 2. The minimum Gasteiger partial charge on any atom is -0.497 e. The number of hydrogen-bond donors (Lipinski definition) is 0. The lowest BCUT2D eigenvalue weighted by Gasteiger charge is -2.24. The Kier molecular flexibility index (Phi) is 4.26. The highest BCUT2D eigenvalue weighted by molar-refractivity contribution is 5.91. The molecule has 0 bridgehead atoms. The quantitative estimate of drug-likeness (QED) is 0.664. The maximum absolute atomic E-state index is 5.36. The second-order valence-corrected chi connectivity index (χ2v) is 6.60. The lowest BCUT2D eigenvalue weighted by atomic mass is 10.1. The van der Waals surface area contributed by atoms with E-state index >= 15 is 0 Å². The van der Waals surface area contributed by atoms with Crippen LogP contribution in [0.25, 0.3) is 22.3 Å². The van der Waals surface area contributed by atoms with Gasteiger partial charge < -0.3 is 9.64 Å². The summed E-state index contributed by atoms with van der Waals surface area (Å²) in [4.78, 5) is 12.2. The zero-order valence-electron chi connectivity index (χ0n) is 14.8. The van der Waals surface area contributed by atoms with E-state index in [9.17, 15) is 0 Å². The molecule has 3 aromatic rings. The standard InChI is InChI=1S/C21H23N3O/c1-3-24(14-15-11-12-15)21-18-9-4-5-10-19(18)22-20(23-21)16-7-6-8-17(13-16)25-2/h4-10,13,15H,3,11-12,14H2,1-2H3. The van der Waals surface area contributed by atoms with E-state index in [0.29, 0.717) is 0 Å². The third kappa shape index (κ3) is 3.29. The Bertz CT molecular complexity index is 889. The number of fused-ring (bicyclic) bond motifs is 1. The molecular weight excluding hydrogens is 310 g/mol. The number of rotatable bonds is 6. The van der Waals surface area contributed by atoms with Crippen LogP contribution < -0.4 is 9.64 Å². The van der Waals surface area contributed by atoms with Gasteiger partial charge in [-0.1, -0.05) is 24.3 Å². The normalized spacial score (nSPS) is 13.8. The zero-order chi connectivity index (χ0) is 17.2. The van der Waals surface area contributed by atoms with E-state index in [1.165, 1.54) is 12.8 Å². The Balaban J connectivity index is 1.85. The van der Waals surface area contributed by atoms with Crippen LogP contribution in [0.4, 0.5) is 5.82 Å². The molecule has 0 N–H and O–H groups in total. The minimum atomic E-state index is 0.752. The lowest BCUT2D eigenvalue weighted by Crippen LogP contribution is -2.26. The van der Waals surface area contributed by atoms with Gasteiger partial charge in [0.05, 0.1) is 12.6 Å². The van der Waals surface area contributed by atoms with E-state index < -0.39 is 0 Å². The van der Waals surface area contributed by atoms with Crippen molar-refractivity contribution in [1.82, 2.24) is 9.97 Å². The van der Waals surface area contributed by atoms with Gasteiger partial charge >= 0.3 is 0 Å². The topological polar surface area (TPSA) is 38.2 Å². The number of methoxy groups -OCH3 is 1. The smallest absolute Gasteiger partial charge is 0.162 e. The summed E-state index contributed by atoms with van der Waals surface area (Å²) in [5.74, 6) is 3.43. The zero-order valence-corrected chi connectivity index (χ0v) is 14.8. The Morgan fingerprint density at radius 2 is 1.92 bits per heavy atom. The summed E-state index contributed by atoms with van der Waals surface area (Å²) in [5.41, 5.74) is 1.97. The third-order valence-corrected chi connectivity index (χ3v) is 4.77. The van der Waals surface area contributed by atoms with Gasteiger partial charge in [0.1, 0.15) is 11.6 Å². The summed E-state index contributed by atoms with van der Waals surface area (Å²) in [6.45, 7) is 4.23. The number of benzene rings is 2. The highest BCUT2D eigenvalue weighted by Crippen LogP contribution is 2.34. The number of para-hydroxylation sites is 1. The molecule has 4 heteroatoms. The molecule has 0 aliphatic heterocycles. The molecule has 1 aliphatic rings. The van der Waals surface area contributed by atoms with Gasteiger partial charge in [-0.3, -0.25) is 0 Å². The summed E-state index contributed by atoms with van der Waals surface area (Å²) in [7, 11) is 1.68. The van der Waals surface area contributed by atoms with Crippen LogP contribution in [-0.2, 0) is 0 Å². The molecule has 0 atom stereocenters. The van der Waals surface area contributed by atoms with Crippen molar-refractivity contribution in [1.29, 1.82) is 0 Å². The van der Waals surface area contributed by atoms with E-state index in [-0.39, 0.29) is 0 Å². The van der Waals surface area contributed by atoms with E-state index in [1.54, 1.807) is 7.11 Å². The van der Waals surface area contributed by atoms with Crippen LogP contribution >= 0.6 is 0 Å². The molecule has 0 amide bonds.